The van der Waals surface area contributed by atoms with Gasteiger partial charge in [-0.2, -0.15) is 0 Å². The number of benzene rings is 1. The minimum atomic E-state index is -0.214. The van der Waals surface area contributed by atoms with Crippen LogP contribution in [0, 0.1) is 0 Å². The highest BCUT2D eigenvalue weighted by atomic mass is 16.5. The molecule has 1 aromatic carbocycles. The molecule has 2 aliphatic rings. The largest absolute Gasteiger partial charge is 0.497 e. The van der Waals surface area contributed by atoms with Crippen LogP contribution in [0.15, 0.2) is 24.3 Å². The molecule has 2 saturated heterocycles. The number of methoxy groups -OCH3 is 1. The van der Waals surface area contributed by atoms with Gasteiger partial charge in [0, 0.05) is 12.2 Å². The van der Waals surface area contributed by atoms with Gasteiger partial charge in [-0.05, 0) is 37.2 Å². The molecule has 1 unspecified atom stereocenters. The van der Waals surface area contributed by atoms with Crippen molar-refractivity contribution in [3.63, 3.8) is 0 Å². The lowest BCUT2D eigenvalue weighted by Crippen LogP contribution is -2.55. The predicted octanol–water partition coefficient (Wildman–Crippen LogP) is 0.790. The van der Waals surface area contributed by atoms with Crippen molar-refractivity contribution in [1.82, 2.24) is 5.32 Å². The Kier molecular flexibility index (Phi) is 3.16. The van der Waals surface area contributed by atoms with E-state index in [4.69, 9.17) is 9.47 Å². The number of hydrogen-bond donors (Lipinski definition) is 1. The minimum Gasteiger partial charge on any atom is -0.497 e. The first-order valence-corrected chi connectivity index (χ1v) is 6.52. The molecule has 5 nitrogen and oxygen atoms in total. The van der Waals surface area contributed by atoms with E-state index in [0.29, 0.717) is 6.54 Å². The molecular weight excluding hydrogens is 244 g/mol. The number of rotatable bonds is 2. The molecule has 1 amide bonds. The van der Waals surface area contributed by atoms with E-state index in [1.165, 1.54) is 0 Å². The highest BCUT2D eigenvalue weighted by Crippen LogP contribution is 2.29. The number of nitrogens with zero attached hydrogens (tertiary/aromatic N) is 1. The van der Waals surface area contributed by atoms with Crippen molar-refractivity contribution in [2.75, 3.05) is 38.3 Å². The van der Waals surface area contributed by atoms with E-state index < -0.39 is 0 Å². The van der Waals surface area contributed by atoms with E-state index in [2.05, 4.69) is 5.32 Å². The molecule has 0 aliphatic carbocycles. The molecule has 19 heavy (non-hydrogen) atoms. The maximum atomic E-state index is 12.0. The van der Waals surface area contributed by atoms with Crippen molar-refractivity contribution in [2.24, 2.45) is 0 Å². The quantitative estimate of drug-likeness (QED) is 0.856. The van der Waals surface area contributed by atoms with Gasteiger partial charge in [0.05, 0.1) is 13.7 Å². The summed E-state index contributed by atoms with van der Waals surface area (Å²) < 4.78 is 10.9. The third kappa shape index (κ3) is 2.31. The third-order valence-electron chi connectivity index (χ3n) is 3.84. The van der Waals surface area contributed by atoms with Crippen molar-refractivity contribution in [3.05, 3.63) is 24.3 Å². The fourth-order valence-electron chi connectivity index (χ4n) is 2.69. The van der Waals surface area contributed by atoms with E-state index in [1.807, 2.05) is 29.2 Å². The topological polar surface area (TPSA) is 50.8 Å². The molecule has 0 saturated carbocycles. The van der Waals surface area contributed by atoms with Crippen molar-refractivity contribution < 1.29 is 14.3 Å². The predicted molar refractivity (Wildman–Crippen MR) is 71.5 cm³/mol. The molecule has 0 bridgehead atoms. The summed E-state index contributed by atoms with van der Waals surface area (Å²) in [5.41, 5.74) is 0.689. The molecule has 1 spiro atoms. The lowest BCUT2D eigenvalue weighted by atomic mass is 10.00. The molecule has 2 heterocycles. The molecule has 1 aromatic rings. The summed E-state index contributed by atoms with van der Waals surface area (Å²) in [7, 11) is 1.63. The zero-order chi connectivity index (χ0) is 13.3. The van der Waals surface area contributed by atoms with Crippen LogP contribution < -0.4 is 15.0 Å². The zero-order valence-electron chi connectivity index (χ0n) is 11.0. The van der Waals surface area contributed by atoms with Crippen LogP contribution in [0.3, 0.4) is 0 Å². The van der Waals surface area contributed by atoms with E-state index in [9.17, 15) is 4.79 Å². The molecule has 1 atom stereocenters. The van der Waals surface area contributed by atoms with Gasteiger partial charge in [-0.3, -0.25) is 4.79 Å². The van der Waals surface area contributed by atoms with Crippen LogP contribution in [-0.4, -0.2) is 44.9 Å². The number of morpholine rings is 1. The smallest absolute Gasteiger partial charge is 0.253 e. The summed E-state index contributed by atoms with van der Waals surface area (Å²) in [5.74, 6) is 0.810. The summed E-state index contributed by atoms with van der Waals surface area (Å²) in [6.45, 7) is 2.54. The first-order valence-electron chi connectivity index (χ1n) is 6.52. The lowest BCUT2D eigenvalue weighted by molar-refractivity contribution is -0.136. The van der Waals surface area contributed by atoms with Gasteiger partial charge in [0.15, 0.2) is 0 Å². The first kappa shape index (κ1) is 12.4. The van der Waals surface area contributed by atoms with Crippen LogP contribution in [0.5, 0.6) is 5.75 Å². The van der Waals surface area contributed by atoms with Crippen LogP contribution in [0.1, 0.15) is 6.42 Å². The molecule has 0 radical (unpaired) electrons. The van der Waals surface area contributed by atoms with Gasteiger partial charge >= 0.3 is 0 Å². The van der Waals surface area contributed by atoms with Gasteiger partial charge in [-0.25, -0.2) is 0 Å². The van der Waals surface area contributed by atoms with Gasteiger partial charge in [0.1, 0.15) is 18.0 Å². The number of amides is 1. The Hall–Kier alpha value is -1.59. The normalized spacial score (nSPS) is 27.0. The molecule has 2 aliphatic heterocycles. The maximum Gasteiger partial charge on any atom is 0.253 e. The van der Waals surface area contributed by atoms with Crippen LogP contribution in [-0.2, 0) is 9.53 Å². The van der Waals surface area contributed by atoms with Crippen LogP contribution >= 0.6 is 0 Å². The maximum absolute atomic E-state index is 12.0. The molecular formula is C14H18N2O3. The number of hydrogen-bond acceptors (Lipinski definition) is 4. The first-order chi connectivity index (χ1) is 9.22. The third-order valence-corrected chi connectivity index (χ3v) is 3.84. The Bertz CT molecular complexity index is 466. The number of anilines is 1. The molecule has 3 rings (SSSR count). The molecule has 102 valence electrons. The van der Waals surface area contributed by atoms with Crippen molar-refractivity contribution in [1.29, 1.82) is 0 Å². The number of carbonyl (C=O) groups excluding carboxylic acids is 1. The Labute approximate surface area is 112 Å². The average molecular weight is 262 g/mol. The summed E-state index contributed by atoms with van der Waals surface area (Å²) in [4.78, 5) is 13.9. The van der Waals surface area contributed by atoms with E-state index in [0.717, 1.165) is 30.9 Å². The van der Waals surface area contributed by atoms with Gasteiger partial charge in [0.25, 0.3) is 5.91 Å². The summed E-state index contributed by atoms with van der Waals surface area (Å²) in [6, 6.07) is 7.57. The monoisotopic (exact) mass is 262 g/mol. The van der Waals surface area contributed by atoms with Crippen LogP contribution in [0.25, 0.3) is 0 Å². The highest BCUT2D eigenvalue weighted by Gasteiger charge is 2.42. The SMILES string of the molecule is COc1ccc(N2CC3(CCNC3)OCC2=O)cc1. The number of nitrogens with one attached hydrogen (secondary N) is 1. The fraction of sp³-hybridized carbons (Fsp3) is 0.500. The van der Waals surface area contributed by atoms with E-state index >= 15 is 0 Å². The molecule has 2 fully saturated rings. The second-order valence-corrected chi connectivity index (χ2v) is 5.08. The standard InChI is InChI=1S/C14H18N2O3/c1-18-12-4-2-11(3-5-12)16-10-14(6-7-15-9-14)19-8-13(16)17/h2-5,15H,6-10H2,1H3. The van der Waals surface area contributed by atoms with E-state index in [1.54, 1.807) is 7.11 Å². The average Bonchev–Trinajstić information content (AvgIpc) is 2.90. The Morgan fingerprint density at radius 2 is 2.16 bits per heavy atom. The fourth-order valence-corrected chi connectivity index (χ4v) is 2.69. The van der Waals surface area contributed by atoms with Gasteiger partial charge in [-0.1, -0.05) is 0 Å². The zero-order valence-corrected chi connectivity index (χ0v) is 11.0. The van der Waals surface area contributed by atoms with E-state index in [-0.39, 0.29) is 18.1 Å². The van der Waals surface area contributed by atoms with Gasteiger partial charge < -0.3 is 19.7 Å². The summed E-state index contributed by atoms with van der Waals surface area (Å²) in [5, 5.41) is 3.30. The minimum absolute atomic E-state index is 0.0164. The van der Waals surface area contributed by atoms with Crippen LogP contribution in [0.4, 0.5) is 5.69 Å². The molecule has 0 aromatic heterocycles. The van der Waals surface area contributed by atoms with Gasteiger partial charge in [-0.15, -0.1) is 0 Å². The Balaban J connectivity index is 1.82. The summed E-state index contributed by atoms with van der Waals surface area (Å²) >= 11 is 0. The van der Waals surface area contributed by atoms with Crippen molar-refractivity contribution in [3.8, 4) is 5.75 Å². The number of carbonyl (C=O) groups is 1. The highest BCUT2D eigenvalue weighted by molar-refractivity contribution is 5.95. The molecule has 1 N–H and O–H groups in total. The lowest BCUT2D eigenvalue weighted by Gasteiger charge is -2.39. The second-order valence-electron chi connectivity index (χ2n) is 5.08. The van der Waals surface area contributed by atoms with Crippen molar-refractivity contribution >= 4 is 11.6 Å². The van der Waals surface area contributed by atoms with Crippen molar-refractivity contribution in [2.45, 2.75) is 12.0 Å². The summed E-state index contributed by atoms with van der Waals surface area (Å²) in [6.07, 6.45) is 0.951. The van der Waals surface area contributed by atoms with Crippen LogP contribution in [0.2, 0.25) is 0 Å². The second kappa shape index (κ2) is 4.83. The number of ether oxygens (including phenoxy) is 2. The Morgan fingerprint density at radius 1 is 1.37 bits per heavy atom. The van der Waals surface area contributed by atoms with Gasteiger partial charge in [0.2, 0.25) is 0 Å². The molecule has 5 heteroatoms. The Morgan fingerprint density at radius 3 is 2.79 bits per heavy atom.